The number of benzene rings is 1. The van der Waals surface area contributed by atoms with Crippen molar-refractivity contribution in [3.05, 3.63) is 24.3 Å². The zero-order chi connectivity index (χ0) is 20.9. The van der Waals surface area contributed by atoms with Crippen LogP contribution >= 0.6 is 0 Å². The smallest absolute Gasteiger partial charge is 0.224 e. The second-order valence-electron chi connectivity index (χ2n) is 9.36. The van der Waals surface area contributed by atoms with Crippen LogP contribution in [0, 0.1) is 11.8 Å². The summed E-state index contributed by atoms with van der Waals surface area (Å²) in [7, 11) is 0. The molecule has 3 heterocycles. The third-order valence-corrected chi connectivity index (χ3v) is 6.57. The standard InChI is InChI=1S/C24H37N5O/c1-19(2)11-16-29-22-10-4-3-9-21(22)26-24(29)28-15-7-8-20(18-28)23(30)25-12-17-27-13-5-6-14-27/h3-4,9-10,19-20H,5-8,11-18H2,1-2H3,(H,25,30)/t20-/m1/s1. The molecule has 2 saturated heterocycles. The summed E-state index contributed by atoms with van der Waals surface area (Å²) >= 11 is 0. The summed E-state index contributed by atoms with van der Waals surface area (Å²) in [5.74, 6) is 1.94. The van der Waals surface area contributed by atoms with Crippen molar-refractivity contribution in [2.75, 3.05) is 44.2 Å². The van der Waals surface area contributed by atoms with Crippen molar-refractivity contribution in [2.45, 2.75) is 52.5 Å². The fourth-order valence-electron chi connectivity index (χ4n) is 4.77. The third-order valence-electron chi connectivity index (χ3n) is 6.57. The maximum Gasteiger partial charge on any atom is 0.224 e. The molecule has 0 radical (unpaired) electrons. The predicted molar refractivity (Wildman–Crippen MR) is 123 cm³/mol. The van der Waals surface area contributed by atoms with Gasteiger partial charge in [-0.15, -0.1) is 0 Å². The summed E-state index contributed by atoms with van der Waals surface area (Å²) in [4.78, 5) is 22.6. The zero-order valence-corrected chi connectivity index (χ0v) is 18.6. The molecule has 1 amide bonds. The Balaban J connectivity index is 1.42. The maximum absolute atomic E-state index is 12.8. The summed E-state index contributed by atoms with van der Waals surface area (Å²) in [6.07, 6.45) is 5.73. The van der Waals surface area contributed by atoms with E-state index in [-0.39, 0.29) is 11.8 Å². The Hall–Kier alpha value is -2.08. The molecule has 2 aliphatic heterocycles. The highest BCUT2D eigenvalue weighted by Gasteiger charge is 2.28. The van der Waals surface area contributed by atoms with E-state index < -0.39 is 0 Å². The number of nitrogens with one attached hydrogen (secondary N) is 1. The first-order valence-corrected chi connectivity index (χ1v) is 11.8. The molecule has 0 unspecified atom stereocenters. The maximum atomic E-state index is 12.8. The first-order valence-electron chi connectivity index (χ1n) is 11.8. The highest BCUT2D eigenvalue weighted by atomic mass is 16.1. The van der Waals surface area contributed by atoms with Gasteiger partial charge in [-0.3, -0.25) is 4.79 Å². The van der Waals surface area contributed by atoms with Gasteiger partial charge in [0.2, 0.25) is 11.9 Å². The minimum absolute atomic E-state index is 0.0516. The molecule has 0 bridgehead atoms. The van der Waals surface area contributed by atoms with Crippen LogP contribution in [0.15, 0.2) is 24.3 Å². The first kappa shape index (κ1) is 21.2. The summed E-state index contributed by atoms with van der Waals surface area (Å²) in [6, 6.07) is 8.40. The Kier molecular flexibility index (Phi) is 6.93. The number of piperidine rings is 1. The Morgan fingerprint density at radius 1 is 1.13 bits per heavy atom. The number of hydrogen-bond acceptors (Lipinski definition) is 4. The van der Waals surface area contributed by atoms with Crippen LogP contribution in [0.4, 0.5) is 5.95 Å². The van der Waals surface area contributed by atoms with E-state index in [1.807, 2.05) is 0 Å². The average molecular weight is 412 g/mol. The number of aryl methyl sites for hydroxylation is 1. The number of amides is 1. The van der Waals surface area contributed by atoms with Crippen LogP contribution < -0.4 is 10.2 Å². The van der Waals surface area contributed by atoms with Gasteiger partial charge in [-0.1, -0.05) is 26.0 Å². The van der Waals surface area contributed by atoms with Gasteiger partial charge in [-0.2, -0.15) is 0 Å². The lowest BCUT2D eigenvalue weighted by Gasteiger charge is -2.33. The van der Waals surface area contributed by atoms with Gasteiger partial charge >= 0.3 is 0 Å². The molecule has 6 heteroatoms. The molecule has 2 aromatic rings. The zero-order valence-electron chi connectivity index (χ0n) is 18.6. The summed E-state index contributed by atoms with van der Waals surface area (Å²) in [5, 5.41) is 3.20. The van der Waals surface area contributed by atoms with Gasteiger partial charge in [0.25, 0.3) is 0 Å². The Morgan fingerprint density at radius 2 is 1.93 bits per heavy atom. The molecular formula is C24H37N5O. The molecule has 1 aromatic carbocycles. The summed E-state index contributed by atoms with van der Waals surface area (Å²) < 4.78 is 2.36. The van der Waals surface area contributed by atoms with Crippen molar-refractivity contribution in [1.29, 1.82) is 0 Å². The normalized spacial score (nSPS) is 20.4. The second-order valence-corrected chi connectivity index (χ2v) is 9.36. The molecule has 0 aliphatic carbocycles. The molecule has 4 rings (SSSR count). The van der Waals surface area contributed by atoms with E-state index in [0.29, 0.717) is 5.92 Å². The van der Waals surface area contributed by atoms with E-state index in [2.05, 4.69) is 57.8 Å². The highest BCUT2D eigenvalue weighted by Crippen LogP contribution is 2.28. The fraction of sp³-hybridized carbons (Fsp3) is 0.667. The van der Waals surface area contributed by atoms with Crippen molar-refractivity contribution < 1.29 is 4.79 Å². The Morgan fingerprint density at radius 3 is 2.73 bits per heavy atom. The number of rotatable bonds is 8. The molecule has 1 N–H and O–H groups in total. The molecule has 2 aliphatic rings. The van der Waals surface area contributed by atoms with Crippen LogP contribution in [0.2, 0.25) is 0 Å². The Bertz CT molecular complexity index is 839. The van der Waals surface area contributed by atoms with Crippen molar-refractivity contribution >= 4 is 22.9 Å². The number of likely N-dealkylation sites (tertiary alicyclic amines) is 1. The number of aromatic nitrogens is 2. The van der Waals surface area contributed by atoms with Crippen LogP contribution in [0.1, 0.15) is 46.0 Å². The van der Waals surface area contributed by atoms with Crippen molar-refractivity contribution in [2.24, 2.45) is 11.8 Å². The lowest BCUT2D eigenvalue weighted by Crippen LogP contribution is -2.45. The van der Waals surface area contributed by atoms with Crippen LogP contribution in [0.5, 0.6) is 0 Å². The topological polar surface area (TPSA) is 53.4 Å². The van der Waals surface area contributed by atoms with E-state index >= 15 is 0 Å². The molecule has 0 spiro atoms. The molecular weight excluding hydrogens is 374 g/mol. The number of fused-ring (bicyclic) bond motifs is 1. The summed E-state index contributed by atoms with van der Waals surface area (Å²) in [6.45, 7) is 11.3. The molecule has 1 aromatic heterocycles. The number of carbonyl (C=O) groups is 1. The van der Waals surface area contributed by atoms with E-state index in [0.717, 1.165) is 63.5 Å². The lowest BCUT2D eigenvalue weighted by molar-refractivity contribution is -0.125. The van der Waals surface area contributed by atoms with Crippen molar-refractivity contribution in [3.8, 4) is 0 Å². The van der Waals surface area contributed by atoms with Gasteiger partial charge in [-0.05, 0) is 63.2 Å². The number of nitrogens with zero attached hydrogens (tertiary/aromatic N) is 4. The van der Waals surface area contributed by atoms with Gasteiger partial charge in [0.15, 0.2) is 0 Å². The lowest BCUT2D eigenvalue weighted by atomic mass is 9.97. The van der Waals surface area contributed by atoms with Gasteiger partial charge in [0, 0.05) is 32.7 Å². The molecule has 164 valence electrons. The van der Waals surface area contributed by atoms with Crippen molar-refractivity contribution in [3.63, 3.8) is 0 Å². The number of carbonyl (C=O) groups excluding carboxylic acids is 1. The molecule has 6 nitrogen and oxygen atoms in total. The number of para-hydroxylation sites is 2. The van der Waals surface area contributed by atoms with E-state index in [9.17, 15) is 4.79 Å². The summed E-state index contributed by atoms with van der Waals surface area (Å²) in [5.41, 5.74) is 2.25. The van der Waals surface area contributed by atoms with E-state index in [1.165, 1.54) is 31.4 Å². The van der Waals surface area contributed by atoms with Crippen LogP contribution in [-0.4, -0.2) is 59.6 Å². The quantitative estimate of drug-likeness (QED) is 0.722. The van der Waals surface area contributed by atoms with Gasteiger partial charge in [0.1, 0.15) is 0 Å². The number of imidazole rings is 1. The average Bonchev–Trinajstić information content (AvgIpc) is 3.40. The predicted octanol–water partition coefficient (Wildman–Crippen LogP) is 3.51. The molecule has 1 atom stereocenters. The second kappa shape index (κ2) is 9.82. The number of hydrogen-bond donors (Lipinski definition) is 1. The third kappa shape index (κ3) is 4.97. The highest BCUT2D eigenvalue weighted by molar-refractivity contribution is 5.81. The minimum atomic E-state index is 0.0516. The SMILES string of the molecule is CC(C)CCn1c(N2CCC[C@@H](C(=O)NCCN3CCCC3)C2)nc2ccccc21. The van der Waals surface area contributed by atoms with Crippen LogP contribution in [0.3, 0.4) is 0 Å². The number of anilines is 1. The minimum Gasteiger partial charge on any atom is -0.355 e. The molecule has 0 saturated carbocycles. The van der Waals surface area contributed by atoms with E-state index in [1.54, 1.807) is 0 Å². The van der Waals surface area contributed by atoms with Gasteiger partial charge in [0.05, 0.1) is 17.0 Å². The molecule has 2 fully saturated rings. The first-order chi connectivity index (χ1) is 14.6. The van der Waals surface area contributed by atoms with Gasteiger partial charge in [-0.25, -0.2) is 4.98 Å². The Labute approximate surface area is 180 Å². The van der Waals surface area contributed by atoms with Gasteiger partial charge < -0.3 is 19.7 Å². The molecule has 30 heavy (non-hydrogen) atoms. The monoisotopic (exact) mass is 411 g/mol. The van der Waals surface area contributed by atoms with Crippen LogP contribution in [-0.2, 0) is 11.3 Å². The van der Waals surface area contributed by atoms with E-state index in [4.69, 9.17) is 4.98 Å². The fourth-order valence-corrected chi connectivity index (χ4v) is 4.77. The van der Waals surface area contributed by atoms with Crippen molar-refractivity contribution in [1.82, 2.24) is 19.8 Å². The largest absolute Gasteiger partial charge is 0.355 e. The van der Waals surface area contributed by atoms with Crippen LogP contribution in [0.25, 0.3) is 11.0 Å².